The minimum absolute atomic E-state index is 0.00561. The maximum absolute atomic E-state index is 12.7. The first-order valence-electron chi connectivity index (χ1n) is 10.1. The maximum atomic E-state index is 12.7. The summed E-state index contributed by atoms with van der Waals surface area (Å²) in [6, 6.07) is 18.3. The SMILES string of the molecule is CC(c1ccccc1)N1CC(C(=O)NS(=O)(=O)Cc2cccc3cccnc23)CC1=O. The Morgan fingerprint density at radius 1 is 1.13 bits per heavy atom. The van der Waals surface area contributed by atoms with E-state index in [-0.39, 0.29) is 30.7 Å². The highest BCUT2D eigenvalue weighted by Crippen LogP contribution is 2.28. The molecule has 8 heteroatoms. The van der Waals surface area contributed by atoms with Crippen LogP contribution in [0, 0.1) is 5.92 Å². The molecule has 1 N–H and O–H groups in total. The molecule has 7 nitrogen and oxygen atoms in total. The number of aromatic nitrogens is 1. The number of benzene rings is 2. The molecule has 0 radical (unpaired) electrons. The number of hydrogen-bond donors (Lipinski definition) is 1. The second-order valence-electron chi connectivity index (χ2n) is 7.75. The van der Waals surface area contributed by atoms with Gasteiger partial charge >= 0.3 is 0 Å². The molecular weight excluding hydrogens is 414 g/mol. The van der Waals surface area contributed by atoms with Crippen molar-refractivity contribution in [2.75, 3.05) is 6.54 Å². The van der Waals surface area contributed by atoms with Crippen LogP contribution >= 0.6 is 0 Å². The van der Waals surface area contributed by atoms with E-state index in [0.29, 0.717) is 11.1 Å². The van der Waals surface area contributed by atoms with E-state index >= 15 is 0 Å². The van der Waals surface area contributed by atoms with Gasteiger partial charge in [-0.3, -0.25) is 19.3 Å². The number of likely N-dealkylation sites (tertiary alicyclic amines) is 1. The molecule has 0 spiro atoms. The summed E-state index contributed by atoms with van der Waals surface area (Å²) in [5.74, 6) is -1.88. The Kier molecular flexibility index (Phi) is 5.73. The van der Waals surface area contributed by atoms with Crippen LogP contribution in [0.4, 0.5) is 0 Å². The van der Waals surface area contributed by atoms with E-state index in [1.807, 2.05) is 49.4 Å². The van der Waals surface area contributed by atoms with Gasteiger partial charge in [-0.2, -0.15) is 0 Å². The number of fused-ring (bicyclic) bond motifs is 1. The van der Waals surface area contributed by atoms with Gasteiger partial charge < -0.3 is 4.90 Å². The molecule has 2 heterocycles. The van der Waals surface area contributed by atoms with Gasteiger partial charge in [-0.25, -0.2) is 8.42 Å². The predicted molar refractivity (Wildman–Crippen MR) is 117 cm³/mol. The van der Waals surface area contributed by atoms with Crippen LogP contribution in [-0.4, -0.2) is 36.7 Å². The van der Waals surface area contributed by atoms with Crippen molar-refractivity contribution in [3.05, 3.63) is 78.0 Å². The minimum atomic E-state index is -3.94. The Hall–Kier alpha value is -3.26. The van der Waals surface area contributed by atoms with E-state index in [2.05, 4.69) is 9.71 Å². The van der Waals surface area contributed by atoms with Crippen LogP contribution in [0.2, 0.25) is 0 Å². The van der Waals surface area contributed by atoms with E-state index in [9.17, 15) is 18.0 Å². The van der Waals surface area contributed by atoms with Gasteiger partial charge in [0.2, 0.25) is 21.8 Å². The molecule has 160 valence electrons. The van der Waals surface area contributed by atoms with E-state index in [0.717, 1.165) is 10.9 Å². The molecule has 2 aromatic carbocycles. The number of sulfonamides is 1. The molecule has 2 unspecified atom stereocenters. The van der Waals surface area contributed by atoms with E-state index in [4.69, 9.17) is 0 Å². The van der Waals surface area contributed by atoms with Crippen LogP contribution in [0.1, 0.15) is 30.5 Å². The fourth-order valence-corrected chi connectivity index (χ4v) is 5.14. The van der Waals surface area contributed by atoms with Crippen molar-refractivity contribution in [3.63, 3.8) is 0 Å². The molecule has 1 aliphatic heterocycles. The normalized spacial score (nSPS) is 17.6. The predicted octanol–water partition coefficient (Wildman–Crippen LogP) is 2.79. The third-order valence-corrected chi connectivity index (χ3v) is 6.80. The summed E-state index contributed by atoms with van der Waals surface area (Å²) in [6.45, 7) is 2.09. The zero-order chi connectivity index (χ0) is 22.0. The van der Waals surface area contributed by atoms with Crippen molar-refractivity contribution in [1.82, 2.24) is 14.6 Å². The van der Waals surface area contributed by atoms with Gasteiger partial charge in [0, 0.05) is 24.5 Å². The first kappa shape index (κ1) is 21.0. The number of amides is 2. The Labute approximate surface area is 181 Å². The number of pyridine rings is 1. The first-order chi connectivity index (χ1) is 14.8. The fraction of sp³-hybridized carbons (Fsp3) is 0.261. The third kappa shape index (κ3) is 4.59. The van der Waals surface area contributed by atoms with Gasteiger partial charge in [0.25, 0.3) is 0 Å². The Bertz CT molecular complexity index is 1220. The van der Waals surface area contributed by atoms with Crippen LogP contribution in [-0.2, 0) is 25.4 Å². The summed E-state index contributed by atoms with van der Waals surface area (Å²) in [5, 5.41) is 0.827. The van der Waals surface area contributed by atoms with E-state index in [1.165, 1.54) is 0 Å². The first-order valence-corrected chi connectivity index (χ1v) is 11.7. The standard InChI is InChI=1S/C23H23N3O4S/c1-16(17-7-3-2-4-8-17)26-14-20(13-21(26)27)23(28)25-31(29,30)15-19-10-5-9-18-11-6-12-24-22(18)19/h2-12,16,20H,13-15H2,1H3,(H,25,28). The second-order valence-corrected chi connectivity index (χ2v) is 9.47. The minimum Gasteiger partial charge on any atom is -0.335 e. The number of nitrogens with one attached hydrogen (secondary N) is 1. The highest BCUT2D eigenvalue weighted by Gasteiger charge is 2.38. The summed E-state index contributed by atoms with van der Waals surface area (Å²) < 4.78 is 27.5. The number of nitrogens with zero attached hydrogens (tertiary/aromatic N) is 2. The monoisotopic (exact) mass is 437 g/mol. The number of para-hydroxylation sites is 1. The topological polar surface area (TPSA) is 96.4 Å². The third-order valence-electron chi connectivity index (χ3n) is 5.60. The van der Waals surface area contributed by atoms with Crippen molar-refractivity contribution < 1.29 is 18.0 Å². The molecule has 2 atom stereocenters. The zero-order valence-electron chi connectivity index (χ0n) is 17.1. The molecule has 1 aliphatic rings. The molecule has 0 saturated carbocycles. The quantitative estimate of drug-likeness (QED) is 0.640. The van der Waals surface area contributed by atoms with Crippen LogP contribution in [0.15, 0.2) is 66.9 Å². The van der Waals surface area contributed by atoms with E-state index in [1.54, 1.807) is 29.3 Å². The lowest BCUT2D eigenvalue weighted by Gasteiger charge is -2.25. The number of hydrogen-bond acceptors (Lipinski definition) is 5. The molecular formula is C23H23N3O4S. The molecule has 0 bridgehead atoms. The lowest BCUT2D eigenvalue weighted by molar-refractivity contribution is -0.130. The lowest BCUT2D eigenvalue weighted by Crippen LogP contribution is -2.38. The molecule has 0 aliphatic carbocycles. The summed E-state index contributed by atoms with van der Waals surface area (Å²) in [5.41, 5.74) is 2.06. The largest absolute Gasteiger partial charge is 0.335 e. The van der Waals surface area contributed by atoms with Gasteiger partial charge in [0.1, 0.15) is 0 Å². The van der Waals surface area contributed by atoms with Gasteiger partial charge in [-0.15, -0.1) is 0 Å². The molecule has 1 saturated heterocycles. The average molecular weight is 438 g/mol. The molecule has 1 fully saturated rings. The Morgan fingerprint density at radius 2 is 1.87 bits per heavy atom. The lowest BCUT2D eigenvalue weighted by atomic mass is 10.1. The van der Waals surface area contributed by atoms with Gasteiger partial charge in [-0.05, 0) is 24.1 Å². The molecule has 31 heavy (non-hydrogen) atoms. The Balaban J connectivity index is 1.44. The van der Waals surface area contributed by atoms with Gasteiger partial charge in [0.15, 0.2) is 0 Å². The smallest absolute Gasteiger partial charge is 0.239 e. The summed E-state index contributed by atoms with van der Waals surface area (Å²) in [6.07, 6.45) is 1.60. The van der Waals surface area contributed by atoms with Gasteiger partial charge in [0.05, 0.1) is 23.2 Å². The van der Waals surface area contributed by atoms with Crippen LogP contribution < -0.4 is 4.72 Å². The molecule has 4 rings (SSSR count). The number of carbonyl (C=O) groups is 2. The summed E-state index contributed by atoms with van der Waals surface area (Å²) >= 11 is 0. The highest BCUT2D eigenvalue weighted by molar-refractivity contribution is 7.89. The van der Waals surface area contributed by atoms with Crippen molar-refractivity contribution >= 4 is 32.7 Å². The Morgan fingerprint density at radius 3 is 2.65 bits per heavy atom. The van der Waals surface area contributed by atoms with Crippen molar-refractivity contribution in [1.29, 1.82) is 0 Å². The molecule has 3 aromatic rings. The molecule has 2 amide bonds. The van der Waals surface area contributed by atoms with Gasteiger partial charge in [-0.1, -0.05) is 54.6 Å². The van der Waals surface area contributed by atoms with Crippen molar-refractivity contribution in [3.8, 4) is 0 Å². The van der Waals surface area contributed by atoms with Crippen molar-refractivity contribution in [2.24, 2.45) is 5.92 Å². The second kappa shape index (κ2) is 8.47. The van der Waals surface area contributed by atoms with Crippen LogP contribution in [0.25, 0.3) is 10.9 Å². The zero-order valence-corrected chi connectivity index (χ0v) is 17.9. The van der Waals surface area contributed by atoms with Crippen molar-refractivity contribution in [2.45, 2.75) is 25.1 Å². The molecule has 1 aromatic heterocycles. The number of rotatable bonds is 6. The average Bonchev–Trinajstić information content (AvgIpc) is 3.15. The van der Waals surface area contributed by atoms with Crippen LogP contribution in [0.5, 0.6) is 0 Å². The summed E-state index contributed by atoms with van der Waals surface area (Å²) in [4.78, 5) is 31.1. The summed E-state index contributed by atoms with van der Waals surface area (Å²) in [7, 11) is -3.94. The van der Waals surface area contributed by atoms with Crippen LogP contribution in [0.3, 0.4) is 0 Å². The van der Waals surface area contributed by atoms with E-state index < -0.39 is 21.8 Å². The highest BCUT2D eigenvalue weighted by atomic mass is 32.2. The maximum Gasteiger partial charge on any atom is 0.239 e. The fourth-order valence-electron chi connectivity index (χ4n) is 3.95. The number of carbonyl (C=O) groups excluding carboxylic acids is 2.